The van der Waals surface area contributed by atoms with Gasteiger partial charge in [-0.1, -0.05) is 0 Å². The first-order valence-electron chi connectivity index (χ1n) is 11.4. The van der Waals surface area contributed by atoms with Crippen LogP contribution in [-0.2, 0) is 19.6 Å². The molecule has 2 aliphatic heterocycles. The summed E-state index contributed by atoms with van der Waals surface area (Å²) < 4.78 is 53.2. The Morgan fingerprint density at radius 2 is 1.91 bits per heavy atom. The zero-order valence-corrected chi connectivity index (χ0v) is 19.3. The molecule has 0 aromatic heterocycles. The van der Waals surface area contributed by atoms with Crippen LogP contribution in [0.2, 0.25) is 0 Å². The minimum atomic E-state index is -3.90. The molecule has 1 amide bonds. The van der Waals surface area contributed by atoms with E-state index in [0.717, 1.165) is 30.5 Å². The van der Waals surface area contributed by atoms with Gasteiger partial charge in [0, 0.05) is 23.7 Å². The highest BCUT2D eigenvalue weighted by Crippen LogP contribution is 2.47. The molecule has 34 heavy (non-hydrogen) atoms. The van der Waals surface area contributed by atoms with Gasteiger partial charge in [0.05, 0.1) is 24.0 Å². The molecule has 4 atom stereocenters. The van der Waals surface area contributed by atoms with Gasteiger partial charge in [-0.3, -0.25) is 9.52 Å². The second-order valence-corrected chi connectivity index (χ2v) is 10.8. The topological polar surface area (TPSA) is 114 Å². The summed E-state index contributed by atoms with van der Waals surface area (Å²) in [6.07, 6.45) is 1.61. The number of carbonyl (C=O) groups excluding carboxylic acids is 1. The second kappa shape index (κ2) is 9.16. The standard InChI is InChI=1S/C24H27FN2O6S/c25-15-3-6-18(7-4-15)34(30,31)27-16-5-8-21-19(9-16)20-10-17(32-22(13-28)24(20)33-21)11-23(29)26-12-14-1-2-14/h3-9,14,17,20,22,24,27-28H,1-2,10-13H2,(H,26,29)/t17-,20-,22-,24+/m0/s1. The van der Waals surface area contributed by atoms with E-state index < -0.39 is 28.0 Å². The van der Waals surface area contributed by atoms with E-state index in [0.29, 0.717) is 30.3 Å². The molecule has 5 rings (SSSR count). The highest BCUT2D eigenvalue weighted by Gasteiger charge is 2.46. The molecule has 2 fully saturated rings. The SMILES string of the molecule is O=C(C[C@@H]1C[C@H]2c3cc(NS(=O)(=O)c4ccc(F)cc4)ccc3O[C@H]2[C@H](CO)O1)NCC1CC1. The highest BCUT2D eigenvalue weighted by atomic mass is 32.2. The molecule has 2 aromatic rings. The monoisotopic (exact) mass is 490 g/mol. The van der Waals surface area contributed by atoms with E-state index in [2.05, 4.69) is 10.0 Å². The summed E-state index contributed by atoms with van der Waals surface area (Å²) in [6, 6.07) is 9.57. The van der Waals surface area contributed by atoms with Gasteiger partial charge in [0.15, 0.2) is 0 Å². The van der Waals surface area contributed by atoms with Gasteiger partial charge in [-0.15, -0.1) is 0 Å². The molecule has 1 saturated heterocycles. The Morgan fingerprint density at radius 1 is 1.15 bits per heavy atom. The first-order chi connectivity index (χ1) is 16.3. The van der Waals surface area contributed by atoms with Gasteiger partial charge in [0.25, 0.3) is 10.0 Å². The summed E-state index contributed by atoms with van der Waals surface area (Å²) in [5, 5.41) is 12.8. The van der Waals surface area contributed by atoms with E-state index in [4.69, 9.17) is 9.47 Å². The van der Waals surface area contributed by atoms with E-state index in [1.807, 2.05) is 0 Å². The largest absolute Gasteiger partial charge is 0.487 e. The molecule has 182 valence electrons. The minimum absolute atomic E-state index is 0.0489. The average molecular weight is 491 g/mol. The van der Waals surface area contributed by atoms with Crippen LogP contribution < -0.4 is 14.8 Å². The Balaban J connectivity index is 1.32. The number of anilines is 1. The number of nitrogens with one attached hydrogen (secondary N) is 2. The van der Waals surface area contributed by atoms with Crippen LogP contribution in [0.5, 0.6) is 5.75 Å². The van der Waals surface area contributed by atoms with Crippen LogP contribution >= 0.6 is 0 Å². The van der Waals surface area contributed by atoms with Gasteiger partial charge in [0.2, 0.25) is 5.91 Å². The third-order valence-corrected chi connectivity index (χ3v) is 7.97. The maximum atomic E-state index is 13.2. The fraction of sp³-hybridized carbons (Fsp3) is 0.458. The zero-order chi connectivity index (χ0) is 23.9. The molecule has 2 aromatic carbocycles. The number of hydrogen-bond donors (Lipinski definition) is 3. The summed E-state index contributed by atoms with van der Waals surface area (Å²) in [5.41, 5.74) is 1.15. The third kappa shape index (κ3) is 4.89. The molecule has 10 heteroatoms. The normalized spacial score (nSPS) is 25.7. The van der Waals surface area contributed by atoms with Crippen LogP contribution in [0.25, 0.3) is 0 Å². The maximum absolute atomic E-state index is 13.2. The van der Waals surface area contributed by atoms with Crippen molar-refractivity contribution in [1.82, 2.24) is 5.32 Å². The number of fused-ring (bicyclic) bond motifs is 3. The molecule has 1 saturated carbocycles. The molecular weight excluding hydrogens is 463 g/mol. The number of sulfonamides is 1. The predicted octanol–water partition coefficient (Wildman–Crippen LogP) is 2.54. The number of hydrogen-bond acceptors (Lipinski definition) is 6. The van der Waals surface area contributed by atoms with E-state index in [1.54, 1.807) is 18.2 Å². The molecule has 3 N–H and O–H groups in total. The molecule has 1 aliphatic carbocycles. The van der Waals surface area contributed by atoms with E-state index >= 15 is 0 Å². The van der Waals surface area contributed by atoms with Crippen LogP contribution in [0.3, 0.4) is 0 Å². The van der Waals surface area contributed by atoms with E-state index in [-0.39, 0.29) is 35.9 Å². The van der Waals surface area contributed by atoms with E-state index in [1.165, 1.54) is 12.1 Å². The fourth-order valence-corrected chi connectivity index (χ4v) is 5.69. The lowest BCUT2D eigenvalue weighted by atomic mass is 9.84. The first kappa shape index (κ1) is 23.1. The number of rotatable bonds is 8. The molecule has 0 spiro atoms. The number of aliphatic hydroxyl groups is 1. The molecule has 0 bridgehead atoms. The van der Waals surface area contributed by atoms with Crippen molar-refractivity contribution in [1.29, 1.82) is 0 Å². The lowest BCUT2D eigenvalue weighted by Crippen LogP contribution is -2.47. The van der Waals surface area contributed by atoms with Crippen LogP contribution in [-0.4, -0.2) is 50.9 Å². The van der Waals surface area contributed by atoms with Crippen molar-refractivity contribution in [3.63, 3.8) is 0 Å². The Labute approximate surface area is 197 Å². The number of carbonyl (C=O) groups is 1. The predicted molar refractivity (Wildman–Crippen MR) is 122 cm³/mol. The van der Waals surface area contributed by atoms with Crippen LogP contribution in [0.4, 0.5) is 10.1 Å². The highest BCUT2D eigenvalue weighted by molar-refractivity contribution is 7.92. The summed E-state index contributed by atoms with van der Waals surface area (Å²) in [4.78, 5) is 12.3. The number of amides is 1. The second-order valence-electron chi connectivity index (χ2n) is 9.17. The third-order valence-electron chi connectivity index (χ3n) is 6.57. The number of benzene rings is 2. The van der Waals surface area contributed by atoms with Gasteiger partial charge in [-0.25, -0.2) is 12.8 Å². The molecule has 2 heterocycles. The maximum Gasteiger partial charge on any atom is 0.261 e. The Bertz CT molecular complexity index is 1170. The van der Waals surface area contributed by atoms with Crippen molar-refractivity contribution in [3.8, 4) is 5.75 Å². The Morgan fingerprint density at radius 3 is 2.62 bits per heavy atom. The number of ether oxygens (including phenoxy) is 2. The lowest BCUT2D eigenvalue weighted by Gasteiger charge is -2.37. The van der Waals surface area contributed by atoms with Crippen molar-refractivity contribution in [2.45, 2.75) is 54.8 Å². The van der Waals surface area contributed by atoms with Crippen molar-refractivity contribution < 1.29 is 32.2 Å². The Hall–Kier alpha value is -2.69. The van der Waals surface area contributed by atoms with Crippen LogP contribution in [0.15, 0.2) is 47.4 Å². The summed E-state index contributed by atoms with van der Waals surface area (Å²) >= 11 is 0. The summed E-state index contributed by atoms with van der Waals surface area (Å²) in [7, 11) is -3.90. The first-order valence-corrected chi connectivity index (χ1v) is 12.9. The summed E-state index contributed by atoms with van der Waals surface area (Å²) in [6.45, 7) is 0.434. The van der Waals surface area contributed by atoms with Gasteiger partial charge >= 0.3 is 0 Å². The molecule has 8 nitrogen and oxygen atoms in total. The van der Waals surface area contributed by atoms with Crippen molar-refractivity contribution in [3.05, 3.63) is 53.8 Å². The Kier molecular flexibility index (Phi) is 6.22. The van der Waals surface area contributed by atoms with E-state index in [9.17, 15) is 22.7 Å². The number of halogens is 1. The molecule has 0 unspecified atom stereocenters. The fourth-order valence-electron chi connectivity index (χ4n) is 4.64. The lowest BCUT2D eigenvalue weighted by molar-refractivity contribution is -0.142. The van der Waals surface area contributed by atoms with Crippen LogP contribution in [0.1, 0.15) is 37.2 Å². The van der Waals surface area contributed by atoms with Gasteiger partial charge < -0.3 is 19.9 Å². The van der Waals surface area contributed by atoms with Gasteiger partial charge in [0.1, 0.15) is 23.8 Å². The van der Waals surface area contributed by atoms with Gasteiger partial charge in [-0.05, 0) is 67.6 Å². The van der Waals surface area contributed by atoms with Crippen molar-refractivity contribution >= 4 is 21.6 Å². The smallest absolute Gasteiger partial charge is 0.261 e. The van der Waals surface area contributed by atoms with Crippen LogP contribution in [0, 0.1) is 11.7 Å². The van der Waals surface area contributed by atoms with Crippen molar-refractivity contribution in [2.24, 2.45) is 5.92 Å². The van der Waals surface area contributed by atoms with Crippen molar-refractivity contribution in [2.75, 3.05) is 17.9 Å². The quantitative estimate of drug-likeness (QED) is 0.524. The van der Waals surface area contributed by atoms with Gasteiger partial charge in [-0.2, -0.15) is 0 Å². The average Bonchev–Trinajstić information content (AvgIpc) is 3.57. The molecular formula is C24H27FN2O6S. The summed E-state index contributed by atoms with van der Waals surface area (Å²) in [5.74, 6) is 0.427. The number of aliphatic hydroxyl groups excluding tert-OH is 1. The molecule has 0 radical (unpaired) electrons. The zero-order valence-electron chi connectivity index (χ0n) is 18.4. The molecule has 3 aliphatic rings. The minimum Gasteiger partial charge on any atom is -0.487 e.